The Balaban J connectivity index is 1.55. The molecule has 0 aliphatic carbocycles. The van der Waals surface area contributed by atoms with Crippen LogP contribution in [0.15, 0.2) is 78.9 Å². The van der Waals surface area contributed by atoms with Gasteiger partial charge in [-0.1, -0.05) is 66.7 Å². The Kier molecular flexibility index (Phi) is 7.25. The van der Waals surface area contributed by atoms with Crippen LogP contribution in [0, 0.1) is 0 Å². The monoisotopic (exact) mass is 444 g/mol. The number of amides is 2. The molecule has 0 fully saturated rings. The molecule has 33 heavy (non-hydrogen) atoms. The number of hydrogen-bond acceptors (Lipinski definition) is 4. The highest BCUT2D eigenvalue weighted by molar-refractivity contribution is 5.88. The number of benzene rings is 3. The van der Waals surface area contributed by atoms with Crippen LogP contribution in [0.1, 0.15) is 23.1 Å². The number of rotatable bonds is 9. The van der Waals surface area contributed by atoms with Gasteiger partial charge in [-0.2, -0.15) is 0 Å². The lowest BCUT2D eigenvalue weighted by Crippen LogP contribution is -2.49. The maximum absolute atomic E-state index is 13.5. The van der Waals surface area contributed by atoms with E-state index >= 15 is 0 Å². The van der Waals surface area contributed by atoms with Crippen molar-refractivity contribution in [3.8, 4) is 11.5 Å². The molecule has 1 atom stereocenters. The normalized spacial score (nSPS) is 12.8. The molecule has 1 heterocycles. The van der Waals surface area contributed by atoms with E-state index in [1.807, 2.05) is 78.9 Å². The number of nitrogens with one attached hydrogen (secondary N) is 1. The fourth-order valence-corrected chi connectivity index (χ4v) is 3.99. The molecule has 3 aromatic carbocycles. The van der Waals surface area contributed by atoms with Gasteiger partial charge in [-0.25, -0.2) is 0 Å². The summed E-state index contributed by atoms with van der Waals surface area (Å²) >= 11 is 0. The van der Waals surface area contributed by atoms with Crippen LogP contribution in [-0.2, 0) is 29.0 Å². The van der Waals surface area contributed by atoms with Crippen molar-refractivity contribution in [3.63, 3.8) is 0 Å². The predicted octanol–water partition coefficient (Wildman–Crippen LogP) is 3.73. The fourth-order valence-electron chi connectivity index (χ4n) is 3.99. The molecule has 1 aliphatic rings. The van der Waals surface area contributed by atoms with Crippen molar-refractivity contribution < 1.29 is 19.1 Å². The molecule has 1 unspecified atom stereocenters. The Morgan fingerprint density at radius 3 is 2.24 bits per heavy atom. The zero-order chi connectivity index (χ0) is 23.0. The first-order valence-corrected chi connectivity index (χ1v) is 11.1. The minimum absolute atomic E-state index is 0.0685. The SMILES string of the molecule is CNC(=O)C(Cc1ccccc1)N(Cc1ccccc1)C(=O)CCc1ccc2c(c1)OCO2. The molecular weight excluding hydrogens is 416 g/mol. The van der Waals surface area contributed by atoms with Gasteiger partial charge in [0.15, 0.2) is 11.5 Å². The largest absolute Gasteiger partial charge is 0.454 e. The molecule has 0 spiro atoms. The molecule has 1 N–H and O–H groups in total. The minimum Gasteiger partial charge on any atom is -0.454 e. The van der Waals surface area contributed by atoms with Gasteiger partial charge in [-0.05, 0) is 35.2 Å². The van der Waals surface area contributed by atoms with E-state index in [0.717, 1.165) is 22.4 Å². The predicted molar refractivity (Wildman–Crippen MR) is 126 cm³/mol. The number of likely N-dealkylation sites (N-methyl/N-ethyl adjacent to an activating group) is 1. The molecule has 0 saturated heterocycles. The van der Waals surface area contributed by atoms with E-state index in [-0.39, 0.29) is 25.0 Å². The van der Waals surface area contributed by atoms with Gasteiger partial charge in [0.2, 0.25) is 18.6 Å². The van der Waals surface area contributed by atoms with Gasteiger partial charge in [0, 0.05) is 26.4 Å². The van der Waals surface area contributed by atoms with E-state index in [2.05, 4.69) is 5.32 Å². The Labute approximate surface area is 194 Å². The van der Waals surface area contributed by atoms with Crippen molar-refractivity contribution in [3.05, 3.63) is 95.6 Å². The molecule has 6 heteroatoms. The van der Waals surface area contributed by atoms with Gasteiger partial charge in [0.25, 0.3) is 0 Å². The topological polar surface area (TPSA) is 67.9 Å². The van der Waals surface area contributed by atoms with Crippen molar-refractivity contribution in [2.24, 2.45) is 0 Å². The molecule has 2 amide bonds. The first kappa shape index (κ1) is 22.4. The Hall–Kier alpha value is -3.80. The van der Waals surface area contributed by atoms with Crippen LogP contribution in [-0.4, -0.2) is 36.6 Å². The summed E-state index contributed by atoms with van der Waals surface area (Å²) < 4.78 is 10.8. The smallest absolute Gasteiger partial charge is 0.242 e. The molecule has 3 aromatic rings. The number of nitrogens with zero attached hydrogens (tertiary/aromatic N) is 1. The number of fused-ring (bicyclic) bond motifs is 1. The lowest BCUT2D eigenvalue weighted by Gasteiger charge is -2.31. The summed E-state index contributed by atoms with van der Waals surface area (Å²) in [5, 5.41) is 2.75. The lowest BCUT2D eigenvalue weighted by atomic mass is 10.0. The summed E-state index contributed by atoms with van der Waals surface area (Å²) in [5.41, 5.74) is 2.98. The second-order valence-corrected chi connectivity index (χ2v) is 8.01. The molecule has 0 saturated carbocycles. The number of carbonyl (C=O) groups excluding carboxylic acids is 2. The quantitative estimate of drug-likeness (QED) is 0.546. The Bertz CT molecular complexity index is 1090. The first-order valence-electron chi connectivity index (χ1n) is 11.1. The van der Waals surface area contributed by atoms with Crippen molar-refractivity contribution in [1.29, 1.82) is 0 Å². The minimum atomic E-state index is -0.609. The third-order valence-corrected chi connectivity index (χ3v) is 5.78. The third kappa shape index (κ3) is 5.71. The zero-order valence-corrected chi connectivity index (χ0v) is 18.7. The molecule has 4 rings (SSSR count). The number of hydrogen-bond donors (Lipinski definition) is 1. The maximum Gasteiger partial charge on any atom is 0.242 e. The van der Waals surface area contributed by atoms with Gasteiger partial charge >= 0.3 is 0 Å². The standard InChI is InChI=1S/C27H28N2O4/c1-28-27(31)23(16-20-8-4-2-5-9-20)29(18-22-10-6-3-7-11-22)26(30)15-13-21-12-14-24-25(17-21)33-19-32-24/h2-12,14,17,23H,13,15-16,18-19H2,1H3,(H,28,31). The summed E-state index contributed by atoms with van der Waals surface area (Å²) in [6.07, 6.45) is 1.28. The highest BCUT2D eigenvalue weighted by Gasteiger charge is 2.29. The third-order valence-electron chi connectivity index (χ3n) is 5.78. The van der Waals surface area contributed by atoms with Crippen molar-refractivity contribution >= 4 is 11.8 Å². The van der Waals surface area contributed by atoms with Gasteiger partial charge in [0.1, 0.15) is 6.04 Å². The van der Waals surface area contributed by atoms with Crippen LogP contribution >= 0.6 is 0 Å². The first-order chi connectivity index (χ1) is 16.1. The second kappa shape index (κ2) is 10.7. The van der Waals surface area contributed by atoms with Crippen molar-refractivity contribution in [1.82, 2.24) is 10.2 Å². The number of ether oxygens (including phenoxy) is 2. The summed E-state index contributed by atoms with van der Waals surface area (Å²) in [6.45, 7) is 0.585. The van der Waals surface area contributed by atoms with Gasteiger partial charge in [-0.3, -0.25) is 9.59 Å². The van der Waals surface area contributed by atoms with Gasteiger partial charge in [0.05, 0.1) is 0 Å². The zero-order valence-electron chi connectivity index (χ0n) is 18.7. The van der Waals surface area contributed by atoms with Crippen LogP contribution in [0.3, 0.4) is 0 Å². The summed E-state index contributed by atoms with van der Waals surface area (Å²) in [6, 6.07) is 24.7. The van der Waals surface area contributed by atoms with Crippen LogP contribution in [0.2, 0.25) is 0 Å². The fraction of sp³-hybridized carbons (Fsp3) is 0.259. The van der Waals surface area contributed by atoms with Crippen molar-refractivity contribution in [2.75, 3.05) is 13.8 Å². The summed E-state index contributed by atoms with van der Waals surface area (Å²) in [5.74, 6) is 1.18. The molecule has 0 aromatic heterocycles. The van der Waals surface area contributed by atoms with E-state index in [9.17, 15) is 9.59 Å². The lowest BCUT2D eigenvalue weighted by molar-refractivity contribution is -0.141. The van der Waals surface area contributed by atoms with Crippen LogP contribution in [0.25, 0.3) is 0 Å². The molecule has 0 bridgehead atoms. The van der Waals surface area contributed by atoms with E-state index in [0.29, 0.717) is 25.1 Å². The van der Waals surface area contributed by atoms with Crippen LogP contribution in [0.4, 0.5) is 0 Å². The van der Waals surface area contributed by atoms with E-state index < -0.39 is 6.04 Å². The molecular formula is C27H28N2O4. The van der Waals surface area contributed by atoms with Crippen molar-refractivity contribution in [2.45, 2.75) is 31.8 Å². The van der Waals surface area contributed by atoms with E-state index in [4.69, 9.17) is 9.47 Å². The molecule has 6 nitrogen and oxygen atoms in total. The molecule has 1 aliphatic heterocycles. The second-order valence-electron chi connectivity index (χ2n) is 8.01. The van der Waals surface area contributed by atoms with Crippen LogP contribution in [0.5, 0.6) is 11.5 Å². The van der Waals surface area contributed by atoms with Crippen LogP contribution < -0.4 is 14.8 Å². The Morgan fingerprint density at radius 1 is 0.879 bits per heavy atom. The number of carbonyl (C=O) groups is 2. The van der Waals surface area contributed by atoms with Gasteiger partial charge in [-0.15, -0.1) is 0 Å². The number of aryl methyl sites for hydroxylation is 1. The molecule has 0 radical (unpaired) electrons. The van der Waals surface area contributed by atoms with E-state index in [1.165, 1.54) is 0 Å². The van der Waals surface area contributed by atoms with E-state index in [1.54, 1.807) is 11.9 Å². The van der Waals surface area contributed by atoms with Gasteiger partial charge < -0.3 is 19.7 Å². The summed E-state index contributed by atoms with van der Waals surface area (Å²) in [7, 11) is 1.61. The maximum atomic E-state index is 13.5. The summed E-state index contributed by atoms with van der Waals surface area (Å²) in [4.78, 5) is 28.1. The average molecular weight is 445 g/mol. The average Bonchev–Trinajstić information content (AvgIpc) is 3.33. The Morgan fingerprint density at radius 2 is 1.55 bits per heavy atom. The highest BCUT2D eigenvalue weighted by Crippen LogP contribution is 2.32. The molecule has 170 valence electrons. The highest BCUT2D eigenvalue weighted by atomic mass is 16.7.